The van der Waals surface area contributed by atoms with E-state index in [1.807, 2.05) is 73.5 Å². The molecule has 3 aromatic rings. The standard InChI is InChI=1S/C21H19ClN2O/c1-15-5-3-7-17(9-15)21(25)11-16-6-4-8-19(10-16)24(2)20-12-18(22)13-23-14-20/h3-10,12-14H,11H2,1-2H3. The van der Waals surface area contributed by atoms with Crippen molar-refractivity contribution >= 4 is 28.8 Å². The molecule has 0 fully saturated rings. The zero-order chi connectivity index (χ0) is 17.8. The van der Waals surface area contributed by atoms with Crippen molar-refractivity contribution in [3.8, 4) is 0 Å². The molecule has 0 atom stereocenters. The first-order valence-corrected chi connectivity index (χ1v) is 8.44. The Hall–Kier alpha value is -2.65. The van der Waals surface area contributed by atoms with E-state index in [-0.39, 0.29) is 5.78 Å². The highest BCUT2D eigenvalue weighted by Crippen LogP contribution is 2.26. The lowest BCUT2D eigenvalue weighted by molar-refractivity contribution is 0.0993. The molecule has 4 heteroatoms. The van der Waals surface area contributed by atoms with E-state index in [4.69, 9.17) is 11.6 Å². The Balaban J connectivity index is 1.80. The van der Waals surface area contributed by atoms with E-state index in [0.717, 1.165) is 28.1 Å². The lowest BCUT2D eigenvalue weighted by Crippen LogP contribution is -2.10. The van der Waals surface area contributed by atoms with Gasteiger partial charge in [0, 0.05) is 30.9 Å². The monoisotopic (exact) mass is 350 g/mol. The molecule has 0 spiro atoms. The Morgan fingerprint density at radius 2 is 1.84 bits per heavy atom. The average molecular weight is 351 g/mol. The summed E-state index contributed by atoms with van der Waals surface area (Å²) in [6, 6.07) is 17.5. The zero-order valence-corrected chi connectivity index (χ0v) is 15.0. The topological polar surface area (TPSA) is 33.2 Å². The van der Waals surface area contributed by atoms with E-state index in [1.54, 1.807) is 12.4 Å². The molecule has 25 heavy (non-hydrogen) atoms. The zero-order valence-electron chi connectivity index (χ0n) is 14.2. The first-order chi connectivity index (χ1) is 12.0. The van der Waals surface area contributed by atoms with Crippen molar-refractivity contribution in [2.45, 2.75) is 13.3 Å². The van der Waals surface area contributed by atoms with E-state index in [9.17, 15) is 4.79 Å². The molecule has 0 amide bonds. The number of anilines is 2. The van der Waals surface area contributed by atoms with Crippen LogP contribution in [0.5, 0.6) is 0 Å². The fourth-order valence-corrected chi connectivity index (χ4v) is 2.88. The van der Waals surface area contributed by atoms with Gasteiger partial charge in [0.05, 0.1) is 16.9 Å². The van der Waals surface area contributed by atoms with Crippen LogP contribution < -0.4 is 4.90 Å². The molecule has 0 radical (unpaired) electrons. The second-order valence-corrected chi connectivity index (χ2v) is 6.50. The van der Waals surface area contributed by atoms with Crippen LogP contribution in [0.3, 0.4) is 0 Å². The van der Waals surface area contributed by atoms with Gasteiger partial charge in [0.15, 0.2) is 5.78 Å². The second kappa shape index (κ2) is 7.49. The van der Waals surface area contributed by atoms with Gasteiger partial charge in [-0.3, -0.25) is 9.78 Å². The molecule has 126 valence electrons. The molecule has 0 aliphatic heterocycles. The first kappa shape index (κ1) is 17.2. The maximum Gasteiger partial charge on any atom is 0.167 e. The van der Waals surface area contributed by atoms with Gasteiger partial charge in [0.2, 0.25) is 0 Å². The third kappa shape index (κ3) is 4.25. The molecule has 3 nitrogen and oxygen atoms in total. The Morgan fingerprint density at radius 3 is 2.60 bits per heavy atom. The number of ketones is 1. The average Bonchev–Trinajstić information content (AvgIpc) is 2.61. The van der Waals surface area contributed by atoms with Gasteiger partial charge in [-0.15, -0.1) is 0 Å². The number of carbonyl (C=O) groups excluding carboxylic acids is 1. The van der Waals surface area contributed by atoms with E-state index in [1.165, 1.54) is 0 Å². The lowest BCUT2D eigenvalue weighted by Gasteiger charge is -2.20. The minimum absolute atomic E-state index is 0.118. The Bertz CT molecular complexity index is 908. The number of hydrogen-bond acceptors (Lipinski definition) is 3. The molecule has 0 bridgehead atoms. The lowest BCUT2D eigenvalue weighted by atomic mass is 10.0. The van der Waals surface area contributed by atoms with E-state index in [2.05, 4.69) is 4.98 Å². The number of Topliss-reactive ketones (excluding diaryl/α,β-unsaturated/α-hetero) is 1. The first-order valence-electron chi connectivity index (χ1n) is 8.06. The Labute approximate surface area is 152 Å². The number of halogens is 1. The molecule has 3 rings (SSSR count). The SMILES string of the molecule is Cc1cccc(C(=O)Cc2cccc(N(C)c3cncc(Cl)c3)c2)c1. The van der Waals surface area contributed by atoms with Crippen molar-refractivity contribution in [3.63, 3.8) is 0 Å². The minimum Gasteiger partial charge on any atom is -0.343 e. The van der Waals surface area contributed by atoms with Gasteiger partial charge in [-0.1, -0.05) is 47.5 Å². The third-order valence-electron chi connectivity index (χ3n) is 4.08. The molecule has 0 aliphatic carbocycles. The van der Waals surface area contributed by atoms with Crippen LogP contribution >= 0.6 is 11.6 Å². The summed E-state index contributed by atoms with van der Waals surface area (Å²) in [5.74, 6) is 0.118. The van der Waals surface area contributed by atoms with Crippen molar-refractivity contribution in [1.29, 1.82) is 0 Å². The quantitative estimate of drug-likeness (QED) is 0.590. The normalized spacial score (nSPS) is 10.5. The fraction of sp³-hybridized carbons (Fsp3) is 0.143. The highest BCUT2D eigenvalue weighted by Gasteiger charge is 2.10. The molecule has 0 saturated heterocycles. The molecular formula is C21H19ClN2O. The smallest absolute Gasteiger partial charge is 0.167 e. The van der Waals surface area contributed by atoms with Crippen molar-refractivity contribution < 1.29 is 4.79 Å². The summed E-state index contributed by atoms with van der Waals surface area (Å²) in [5, 5.41) is 0.593. The van der Waals surface area contributed by atoms with Gasteiger partial charge in [-0.25, -0.2) is 0 Å². The van der Waals surface area contributed by atoms with Gasteiger partial charge in [0.1, 0.15) is 0 Å². The summed E-state index contributed by atoms with van der Waals surface area (Å²) in [6.45, 7) is 1.99. The predicted molar refractivity (Wildman–Crippen MR) is 103 cm³/mol. The Morgan fingerprint density at radius 1 is 1.04 bits per heavy atom. The molecule has 0 unspecified atom stereocenters. The maximum absolute atomic E-state index is 12.5. The molecular weight excluding hydrogens is 332 g/mol. The Kier molecular flexibility index (Phi) is 5.15. The number of benzene rings is 2. The van der Waals surface area contributed by atoms with E-state index >= 15 is 0 Å². The molecule has 2 aromatic carbocycles. The van der Waals surface area contributed by atoms with E-state index < -0.39 is 0 Å². The van der Waals surface area contributed by atoms with Crippen LogP contribution in [-0.2, 0) is 6.42 Å². The number of rotatable bonds is 5. The van der Waals surface area contributed by atoms with Gasteiger partial charge in [0.25, 0.3) is 0 Å². The van der Waals surface area contributed by atoms with Crippen LogP contribution in [0.1, 0.15) is 21.5 Å². The van der Waals surface area contributed by atoms with Crippen molar-refractivity contribution in [2.75, 3.05) is 11.9 Å². The fourth-order valence-electron chi connectivity index (χ4n) is 2.71. The molecule has 0 saturated carbocycles. The summed E-state index contributed by atoms with van der Waals surface area (Å²) in [5.41, 5.74) is 4.70. The van der Waals surface area contributed by atoms with Crippen molar-refractivity contribution in [2.24, 2.45) is 0 Å². The van der Waals surface area contributed by atoms with Gasteiger partial charge < -0.3 is 4.90 Å². The molecule has 1 aromatic heterocycles. The maximum atomic E-state index is 12.5. The molecule has 0 aliphatic rings. The largest absolute Gasteiger partial charge is 0.343 e. The third-order valence-corrected chi connectivity index (χ3v) is 4.29. The van der Waals surface area contributed by atoms with Crippen LogP contribution in [0.25, 0.3) is 0 Å². The van der Waals surface area contributed by atoms with Gasteiger partial charge in [-0.2, -0.15) is 0 Å². The second-order valence-electron chi connectivity index (χ2n) is 6.06. The highest BCUT2D eigenvalue weighted by atomic mass is 35.5. The summed E-state index contributed by atoms with van der Waals surface area (Å²) in [4.78, 5) is 18.6. The van der Waals surface area contributed by atoms with Gasteiger partial charge >= 0.3 is 0 Å². The number of carbonyl (C=O) groups is 1. The number of pyridine rings is 1. The molecule has 0 N–H and O–H groups in total. The summed E-state index contributed by atoms with van der Waals surface area (Å²) < 4.78 is 0. The predicted octanol–water partition coefficient (Wildman–Crippen LogP) is 5.24. The van der Waals surface area contributed by atoms with Gasteiger partial charge in [-0.05, 0) is 36.8 Å². The van der Waals surface area contributed by atoms with Crippen LogP contribution in [0.2, 0.25) is 5.02 Å². The van der Waals surface area contributed by atoms with Crippen LogP contribution in [0.15, 0.2) is 67.0 Å². The number of aryl methyl sites for hydroxylation is 1. The summed E-state index contributed by atoms with van der Waals surface area (Å²) in [7, 11) is 1.95. The van der Waals surface area contributed by atoms with Crippen molar-refractivity contribution in [3.05, 3.63) is 88.7 Å². The highest BCUT2D eigenvalue weighted by molar-refractivity contribution is 6.30. The van der Waals surface area contributed by atoms with Crippen LogP contribution in [0, 0.1) is 6.92 Å². The minimum atomic E-state index is 0.118. The number of hydrogen-bond donors (Lipinski definition) is 0. The summed E-state index contributed by atoms with van der Waals surface area (Å²) in [6.07, 6.45) is 3.74. The number of nitrogens with zero attached hydrogens (tertiary/aromatic N) is 2. The van der Waals surface area contributed by atoms with E-state index in [0.29, 0.717) is 11.4 Å². The van der Waals surface area contributed by atoms with Crippen LogP contribution in [0.4, 0.5) is 11.4 Å². The molecule has 1 heterocycles. The van der Waals surface area contributed by atoms with Crippen LogP contribution in [-0.4, -0.2) is 17.8 Å². The van der Waals surface area contributed by atoms with Crippen molar-refractivity contribution in [1.82, 2.24) is 4.98 Å². The summed E-state index contributed by atoms with van der Waals surface area (Å²) >= 11 is 6.02. The number of aromatic nitrogens is 1.